The summed E-state index contributed by atoms with van der Waals surface area (Å²) in [5.74, 6) is 0. The van der Waals surface area contributed by atoms with Gasteiger partial charge in [-0.05, 0) is 6.92 Å². The molecule has 0 aliphatic carbocycles. The molecule has 0 unspecified atom stereocenters. The SMILES string of the molecule is Cc1c([CH]CBr)ncn1C. The van der Waals surface area contributed by atoms with E-state index in [1.807, 2.05) is 17.9 Å². The molecule has 1 aromatic rings. The van der Waals surface area contributed by atoms with Gasteiger partial charge in [0.05, 0.1) is 12.0 Å². The summed E-state index contributed by atoms with van der Waals surface area (Å²) < 4.78 is 2.01. The molecule has 0 amide bonds. The Balaban J connectivity index is 2.83. The van der Waals surface area contributed by atoms with Crippen LogP contribution in [-0.2, 0) is 7.05 Å². The molecule has 1 radical (unpaired) electrons. The Labute approximate surface area is 69.4 Å². The lowest BCUT2D eigenvalue weighted by atomic mass is 10.3. The fourth-order valence-corrected chi connectivity index (χ4v) is 1.09. The molecule has 3 heteroatoms. The average Bonchev–Trinajstić information content (AvgIpc) is 2.20. The van der Waals surface area contributed by atoms with Crippen molar-refractivity contribution in [1.29, 1.82) is 0 Å². The van der Waals surface area contributed by atoms with Crippen molar-refractivity contribution in [3.63, 3.8) is 0 Å². The number of aromatic nitrogens is 2. The first-order chi connectivity index (χ1) is 4.75. The van der Waals surface area contributed by atoms with Gasteiger partial charge < -0.3 is 4.57 Å². The maximum absolute atomic E-state index is 4.18. The monoisotopic (exact) mass is 201 g/mol. The van der Waals surface area contributed by atoms with E-state index in [4.69, 9.17) is 0 Å². The van der Waals surface area contributed by atoms with Crippen LogP contribution >= 0.6 is 15.9 Å². The van der Waals surface area contributed by atoms with Crippen molar-refractivity contribution in [3.8, 4) is 0 Å². The Hall–Kier alpha value is -0.310. The van der Waals surface area contributed by atoms with Crippen molar-refractivity contribution >= 4 is 15.9 Å². The largest absolute Gasteiger partial charge is 0.338 e. The van der Waals surface area contributed by atoms with Gasteiger partial charge in [0, 0.05) is 24.5 Å². The fraction of sp³-hybridized carbons (Fsp3) is 0.429. The third-order valence-corrected chi connectivity index (χ3v) is 1.86. The van der Waals surface area contributed by atoms with E-state index in [0.717, 1.165) is 11.0 Å². The second kappa shape index (κ2) is 3.19. The van der Waals surface area contributed by atoms with Gasteiger partial charge in [-0.3, -0.25) is 0 Å². The Morgan fingerprint density at radius 3 is 2.90 bits per heavy atom. The number of hydrogen-bond acceptors (Lipinski definition) is 1. The summed E-state index contributed by atoms with van der Waals surface area (Å²) in [6.45, 7) is 2.06. The van der Waals surface area contributed by atoms with Crippen molar-refractivity contribution in [1.82, 2.24) is 9.55 Å². The smallest absolute Gasteiger partial charge is 0.0949 e. The summed E-state index contributed by atoms with van der Waals surface area (Å²) in [6.07, 6.45) is 3.87. The molecule has 0 saturated heterocycles. The van der Waals surface area contributed by atoms with Gasteiger partial charge in [0.15, 0.2) is 0 Å². The van der Waals surface area contributed by atoms with Crippen LogP contribution in [0, 0.1) is 13.3 Å². The molecular formula is C7H10BrN2. The summed E-state index contributed by atoms with van der Waals surface area (Å²) in [5, 5.41) is 0.866. The minimum absolute atomic E-state index is 0.866. The second-order valence-corrected chi connectivity index (χ2v) is 2.83. The Morgan fingerprint density at radius 1 is 1.80 bits per heavy atom. The van der Waals surface area contributed by atoms with Crippen LogP contribution in [0.25, 0.3) is 0 Å². The summed E-state index contributed by atoms with van der Waals surface area (Å²) in [4.78, 5) is 4.18. The fourth-order valence-electron chi connectivity index (χ4n) is 0.783. The normalized spacial score (nSPS) is 10.3. The van der Waals surface area contributed by atoms with Crippen LogP contribution in [0.3, 0.4) is 0 Å². The molecule has 55 valence electrons. The number of halogens is 1. The van der Waals surface area contributed by atoms with Gasteiger partial charge >= 0.3 is 0 Å². The van der Waals surface area contributed by atoms with Gasteiger partial charge in [-0.25, -0.2) is 4.98 Å². The highest BCUT2D eigenvalue weighted by molar-refractivity contribution is 9.09. The number of aryl methyl sites for hydroxylation is 1. The Kier molecular flexibility index (Phi) is 2.49. The molecule has 1 heterocycles. The van der Waals surface area contributed by atoms with Crippen molar-refractivity contribution in [3.05, 3.63) is 24.1 Å². The summed E-state index contributed by atoms with van der Waals surface area (Å²) in [5.41, 5.74) is 2.28. The molecule has 0 aliphatic heterocycles. The standard InChI is InChI=1S/C7H10BrN2/c1-6-7(3-4-8)9-5-10(6)2/h3,5H,4H2,1-2H3. The number of hydrogen-bond donors (Lipinski definition) is 0. The van der Waals surface area contributed by atoms with E-state index in [-0.39, 0.29) is 0 Å². The van der Waals surface area contributed by atoms with E-state index < -0.39 is 0 Å². The molecule has 0 saturated carbocycles. The number of rotatable bonds is 2. The van der Waals surface area contributed by atoms with Crippen molar-refractivity contribution in [2.45, 2.75) is 6.92 Å². The van der Waals surface area contributed by atoms with E-state index in [0.29, 0.717) is 0 Å². The molecule has 2 nitrogen and oxygen atoms in total. The first-order valence-electron chi connectivity index (χ1n) is 3.13. The summed E-state index contributed by atoms with van der Waals surface area (Å²) in [6, 6.07) is 0. The molecule has 0 spiro atoms. The van der Waals surface area contributed by atoms with Gasteiger partial charge in [-0.2, -0.15) is 0 Å². The predicted molar refractivity (Wildman–Crippen MR) is 45.1 cm³/mol. The van der Waals surface area contributed by atoms with Crippen LogP contribution in [-0.4, -0.2) is 14.9 Å². The van der Waals surface area contributed by atoms with Gasteiger partial charge in [-0.1, -0.05) is 15.9 Å². The quantitative estimate of drug-likeness (QED) is 0.667. The lowest BCUT2D eigenvalue weighted by Crippen LogP contribution is -1.91. The van der Waals surface area contributed by atoms with Crippen LogP contribution in [0.1, 0.15) is 11.4 Å². The van der Waals surface area contributed by atoms with Crippen LogP contribution in [0.5, 0.6) is 0 Å². The number of imidazole rings is 1. The summed E-state index contributed by atoms with van der Waals surface area (Å²) in [7, 11) is 1.99. The Morgan fingerprint density at radius 2 is 2.50 bits per heavy atom. The second-order valence-electron chi connectivity index (χ2n) is 2.18. The molecule has 1 rings (SSSR count). The summed E-state index contributed by atoms with van der Waals surface area (Å²) >= 11 is 3.32. The molecule has 10 heavy (non-hydrogen) atoms. The van der Waals surface area contributed by atoms with Gasteiger partial charge in [0.2, 0.25) is 0 Å². The van der Waals surface area contributed by atoms with Gasteiger partial charge in [0.1, 0.15) is 0 Å². The van der Waals surface area contributed by atoms with Gasteiger partial charge in [-0.15, -0.1) is 0 Å². The van der Waals surface area contributed by atoms with E-state index in [9.17, 15) is 0 Å². The first kappa shape index (κ1) is 7.79. The van der Waals surface area contributed by atoms with E-state index in [1.54, 1.807) is 0 Å². The molecule has 0 aromatic carbocycles. The highest BCUT2D eigenvalue weighted by Crippen LogP contribution is 2.07. The predicted octanol–water partition coefficient (Wildman–Crippen LogP) is 1.68. The average molecular weight is 202 g/mol. The maximum Gasteiger partial charge on any atom is 0.0949 e. The topological polar surface area (TPSA) is 17.8 Å². The molecule has 0 aliphatic rings. The van der Waals surface area contributed by atoms with Crippen LogP contribution < -0.4 is 0 Å². The van der Waals surface area contributed by atoms with Crippen LogP contribution in [0.4, 0.5) is 0 Å². The van der Waals surface area contributed by atoms with Crippen molar-refractivity contribution < 1.29 is 0 Å². The molecule has 0 atom stereocenters. The zero-order chi connectivity index (χ0) is 7.56. The third-order valence-electron chi connectivity index (χ3n) is 1.54. The maximum atomic E-state index is 4.18. The zero-order valence-electron chi connectivity index (χ0n) is 6.13. The van der Waals surface area contributed by atoms with Crippen molar-refractivity contribution in [2.24, 2.45) is 7.05 Å². The zero-order valence-corrected chi connectivity index (χ0v) is 7.72. The lowest BCUT2D eigenvalue weighted by Gasteiger charge is -1.95. The van der Waals surface area contributed by atoms with Crippen LogP contribution in [0.2, 0.25) is 0 Å². The third kappa shape index (κ3) is 1.40. The van der Waals surface area contributed by atoms with E-state index in [2.05, 4.69) is 34.3 Å². The molecule has 1 aromatic heterocycles. The molecule has 0 N–H and O–H groups in total. The van der Waals surface area contributed by atoms with Crippen molar-refractivity contribution in [2.75, 3.05) is 5.33 Å². The molecular weight excluding hydrogens is 192 g/mol. The van der Waals surface area contributed by atoms with E-state index in [1.165, 1.54) is 5.69 Å². The highest BCUT2D eigenvalue weighted by atomic mass is 79.9. The van der Waals surface area contributed by atoms with Gasteiger partial charge in [0.25, 0.3) is 0 Å². The number of alkyl halides is 1. The highest BCUT2D eigenvalue weighted by Gasteiger charge is 2.01. The van der Waals surface area contributed by atoms with Crippen LogP contribution in [0.15, 0.2) is 6.33 Å². The minimum Gasteiger partial charge on any atom is -0.338 e. The number of nitrogens with zero attached hydrogens (tertiary/aromatic N) is 2. The molecule has 0 fully saturated rings. The van der Waals surface area contributed by atoms with E-state index >= 15 is 0 Å². The molecule has 0 bridgehead atoms. The Bertz CT molecular complexity index is 217. The minimum atomic E-state index is 0.866. The lowest BCUT2D eigenvalue weighted by molar-refractivity contribution is 0.872. The first-order valence-corrected chi connectivity index (χ1v) is 4.25.